The second-order valence-corrected chi connectivity index (χ2v) is 11.3. The molecule has 3 heteroatoms. The van der Waals surface area contributed by atoms with Gasteiger partial charge in [0, 0.05) is 0 Å². The Morgan fingerprint density at radius 3 is 1.32 bits per heavy atom. The SMILES string of the molecule is CC(C)(C)[Si](Cl)(c1ccccc1)c1ccccc1.[SiH4]. The molecule has 0 aliphatic carbocycles. The fourth-order valence-corrected chi connectivity index (χ4v) is 6.49. The standard InChI is InChI=1S/C16H19ClSi.H4Si/c1-16(2,3)18(17,14-10-6-4-7-11-14)15-12-8-5-9-13-15;/h4-13H,1-3H3;1H4. The maximum atomic E-state index is 7.21. The molecule has 0 bridgehead atoms. The molecule has 102 valence electrons. The van der Waals surface area contributed by atoms with E-state index in [0.717, 1.165) is 0 Å². The molecule has 0 radical (unpaired) electrons. The molecule has 0 amide bonds. The number of hydrogen-bond donors (Lipinski definition) is 0. The van der Waals surface area contributed by atoms with Crippen LogP contribution in [0.25, 0.3) is 0 Å². The first-order chi connectivity index (χ1) is 8.46. The molecule has 0 atom stereocenters. The van der Waals surface area contributed by atoms with E-state index in [9.17, 15) is 0 Å². The van der Waals surface area contributed by atoms with Gasteiger partial charge in [0.2, 0.25) is 7.38 Å². The van der Waals surface area contributed by atoms with Crippen molar-refractivity contribution < 1.29 is 0 Å². The van der Waals surface area contributed by atoms with E-state index in [0.29, 0.717) is 0 Å². The average molecular weight is 307 g/mol. The summed E-state index contributed by atoms with van der Waals surface area (Å²) < 4.78 is 0. The smallest absolute Gasteiger partial charge is 0.154 e. The molecule has 0 aromatic heterocycles. The largest absolute Gasteiger partial charge is 0.222 e. The lowest BCUT2D eigenvalue weighted by Gasteiger charge is -2.38. The Kier molecular flexibility index (Phi) is 5.19. The van der Waals surface area contributed by atoms with Crippen LogP contribution < -0.4 is 10.4 Å². The average Bonchev–Trinajstić information content (AvgIpc) is 2.38. The molecular formula is C16H23ClSi2. The zero-order valence-electron chi connectivity index (χ0n) is 11.2. The van der Waals surface area contributed by atoms with Gasteiger partial charge in [-0.3, -0.25) is 0 Å². The molecule has 2 aromatic carbocycles. The normalized spacial score (nSPS) is 11.8. The van der Waals surface area contributed by atoms with Gasteiger partial charge in [0.25, 0.3) is 0 Å². The minimum atomic E-state index is -2.23. The summed E-state index contributed by atoms with van der Waals surface area (Å²) in [5.41, 5.74) is 0. The molecule has 0 fully saturated rings. The minimum Gasteiger partial charge on any atom is -0.154 e. The molecule has 0 heterocycles. The van der Waals surface area contributed by atoms with E-state index in [-0.39, 0.29) is 16.0 Å². The van der Waals surface area contributed by atoms with Crippen molar-refractivity contribution in [2.45, 2.75) is 25.8 Å². The molecule has 0 saturated heterocycles. The van der Waals surface area contributed by atoms with Crippen molar-refractivity contribution in [2.24, 2.45) is 0 Å². The third kappa shape index (κ3) is 3.02. The Balaban J connectivity index is 0.00000180. The summed E-state index contributed by atoms with van der Waals surface area (Å²) in [6.45, 7) is 6.73. The lowest BCUT2D eigenvalue weighted by molar-refractivity contribution is 0.744. The maximum Gasteiger partial charge on any atom is 0.222 e. The van der Waals surface area contributed by atoms with E-state index in [1.54, 1.807) is 0 Å². The summed E-state index contributed by atoms with van der Waals surface area (Å²) in [5.74, 6) is 0. The molecule has 2 rings (SSSR count). The molecule has 0 saturated carbocycles. The Bertz CT molecular complexity index is 464. The quantitative estimate of drug-likeness (QED) is 0.590. The lowest BCUT2D eigenvalue weighted by atomic mass is 10.2. The van der Waals surface area contributed by atoms with Crippen molar-refractivity contribution in [3.8, 4) is 0 Å². The Hall–Kier alpha value is -0.836. The van der Waals surface area contributed by atoms with Crippen LogP contribution in [0.1, 0.15) is 20.8 Å². The topological polar surface area (TPSA) is 0 Å². The highest BCUT2D eigenvalue weighted by molar-refractivity contribution is 7.35. The van der Waals surface area contributed by atoms with Gasteiger partial charge in [-0.15, -0.1) is 0 Å². The third-order valence-corrected chi connectivity index (χ3v) is 10.7. The summed E-state index contributed by atoms with van der Waals surface area (Å²) in [6, 6.07) is 21.1. The minimum absolute atomic E-state index is 0. The number of hydrogen-bond acceptors (Lipinski definition) is 0. The van der Waals surface area contributed by atoms with Crippen LogP contribution in [0.3, 0.4) is 0 Å². The van der Waals surface area contributed by atoms with Crippen LogP contribution in [-0.2, 0) is 0 Å². The molecule has 0 spiro atoms. The van der Waals surface area contributed by atoms with Crippen molar-refractivity contribution in [3.05, 3.63) is 60.7 Å². The van der Waals surface area contributed by atoms with Crippen LogP contribution in [0.2, 0.25) is 5.04 Å². The second-order valence-electron chi connectivity index (χ2n) is 5.64. The molecule has 0 aliphatic heterocycles. The third-order valence-electron chi connectivity index (χ3n) is 3.38. The number of halogens is 1. The van der Waals surface area contributed by atoms with Crippen LogP contribution in [0.5, 0.6) is 0 Å². The van der Waals surface area contributed by atoms with Gasteiger partial charge in [-0.2, -0.15) is 11.1 Å². The van der Waals surface area contributed by atoms with Crippen molar-refractivity contribution >= 4 is 39.8 Å². The van der Waals surface area contributed by atoms with Crippen LogP contribution >= 0.6 is 11.1 Å². The van der Waals surface area contributed by atoms with Crippen LogP contribution in [0, 0.1) is 0 Å². The monoisotopic (exact) mass is 306 g/mol. The summed E-state index contributed by atoms with van der Waals surface area (Å²) >= 11 is 7.21. The van der Waals surface area contributed by atoms with Gasteiger partial charge >= 0.3 is 0 Å². The number of rotatable bonds is 2. The summed E-state index contributed by atoms with van der Waals surface area (Å²) in [7, 11) is -2.23. The zero-order valence-corrected chi connectivity index (χ0v) is 12.9. The van der Waals surface area contributed by atoms with Crippen LogP contribution in [0.4, 0.5) is 0 Å². The lowest BCUT2D eigenvalue weighted by Crippen LogP contribution is -2.59. The van der Waals surface area contributed by atoms with E-state index in [1.807, 2.05) is 12.1 Å². The van der Waals surface area contributed by atoms with Gasteiger partial charge in [0.05, 0.1) is 0 Å². The fourth-order valence-electron chi connectivity index (χ4n) is 2.37. The molecule has 0 N–H and O–H groups in total. The number of benzene rings is 2. The van der Waals surface area contributed by atoms with Gasteiger partial charge in [-0.05, 0) is 26.4 Å². The Morgan fingerprint density at radius 1 is 0.737 bits per heavy atom. The van der Waals surface area contributed by atoms with Gasteiger partial charge in [0.15, 0.2) is 0 Å². The van der Waals surface area contributed by atoms with Gasteiger partial charge in [-0.1, -0.05) is 81.4 Å². The molecule has 2 aromatic rings. The van der Waals surface area contributed by atoms with Crippen molar-refractivity contribution in [1.82, 2.24) is 0 Å². The summed E-state index contributed by atoms with van der Waals surface area (Å²) in [6.07, 6.45) is 0. The molecule has 0 unspecified atom stereocenters. The van der Waals surface area contributed by atoms with Crippen molar-refractivity contribution in [3.63, 3.8) is 0 Å². The summed E-state index contributed by atoms with van der Waals surface area (Å²) in [5, 5.41) is 2.63. The van der Waals surface area contributed by atoms with Gasteiger partial charge < -0.3 is 0 Å². The molecule has 19 heavy (non-hydrogen) atoms. The van der Waals surface area contributed by atoms with E-state index < -0.39 is 7.38 Å². The van der Waals surface area contributed by atoms with Crippen LogP contribution in [0.15, 0.2) is 60.7 Å². The van der Waals surface area contributed by atoms with Gasteiger partial charge in [-0.25, -0.2) is 0 Å². The molecule has 0 aliphatic rings. The predicted molar refractivity (Wildman–Crippen MR) is 94.8 cm³/mol. The van der Waals surface area contributed by atoms with Crippen molar-refractivity contribution in [2.75, 3.05) is 0 Å². The first-order valence-corrected chi connectivity index (χ1v) is 9.27. The first-order valence-electron chi connectivity index (χ1n) is 6.26. The Labute approximate surface area is 126 Å². The summed E-state index contributed by atoms with van der Waals surface area (Å²) in [4.78, 5) is 0. The highest BCUT2D eigenvalue weighted by Gasteiger charge is 2.46. The molecule has 0 nitrogen and oxygen atoms in total. The first kappa shape index (κ1) is 16.2. The highest BCUT2D eigenvalue weighted by atomic mass is 35.6. The van der Waals surface area contributed by atoms with E-state index in [1.165, 1.54) is 10.4 Å². The second kappa shape index (κ2) is 6.08. The predicted octanol–water partition coefficient (Wildman–Crippen LogP) is 2.33. The maximum absolute atomic E-state index is 7.21. The molecular weight excluding hydrogens is 284 g/mol. The van der Waals surface area contributed by atoms with E-state index >= 15 is 0 Å². The van der Waals surface area contributed by atoms with E-state index in [4.69, 9.17) is 11.1 Å². The fraction of sp³-hybridized carbons (Fsp3) is 0.250. The van der Waals surface area contributed by atoms with Crippen LogP contribution in [-0.4, -0.2) is 18.3 Å². The zero-order chi connectivity index (χ0) is 13.2. The van der Waals surface area contributed by atoms with E-state index in [2.05, 4.69) is 69.3 Å². The van der Waals surface area contributed by atoms with Gasteiger partial charge in [0.1, 0.15) is 0 Å². The van der Waals surface area contributed by atoms with Crippen molar-refractivity contribution in [1.29, 1.82) is 0 Å². The Morgan fingerprint density at radius 2 is 1.05 bits per heavy atom. The highest BCUT2D eigenvalue weighted by Crippen LogP contribution is 2.38.